The topological polar surface area (TPSA) is 43.4 Å². The first-order valence-electron chi connectivity index (χ1n) is 4.97. The van der Waals surface area contributed by atoms with Crippen LogP contribution >= 0.6 is 0 Å². The molecule has 3 nitrogen and oxygen atoms in total. The highest BCUT2D eigenvalue weighted by molar-refractivity contribution is 6.05. The number of ether oxygens (including phenoxy) is 1. The van der Waals surface area contributed by atoms with Crippen molar-refractivity contribution in [2.45, 2.75) is 20.8 Å². The van der Waals surface area contributed by atoms with Crippen LogP contribution in [-0.2, 0) is 4.79 Å². The number of hydrogen-bond acceptors (Lipinski definition) is 3. The standard InChI is InChI=1S/C13H14O3/c1-9(2)7-13(15)11-5-4-6-12(8-11)16-10(3)14/h4-8H,1-3H3. The second-order valence-electron chi connectivity index (χ2n) is 3.71. The summed E-state index contributed by atoms with van der Waals surface area (Å²) in [4.78, 5) is 22.4. The Bertz CT molecular complexity index is 440. The average Bonchev–Trinajstić information content (AvgIpc) is 2.16. The van der Waals surface area contributed by atoms with Crippen molar-refractivity contribution in [3.8, 4) is 5.75 Å². The molecular weight excluding hydrogens is 204 g/mol. The molecule has 0 saturated carbocycles. The highest BCUT2D eigenvalue weighted by atomic mass is 16.5. The summed E-state index contributed by atoms with van der Waals surface area (Å²) >= 11 is 0. The van der Waals surface area contributed by atoms with Gasteiger partial charge in [0.2, 0.25) is 0 Å². The molecule has 0 amide bonds. The van der Waals surface area contributed by atoms with Gasteiger partial charge in [-0.2, -0.15) is 0 Å². The van der Waals surface area contributed by atoms with E-state index in [2.05, 4.69) is 0 Å². The van der Waals surface area contributed by atoms with Crippen molar-refractivity contribution in [3.05, 3.63) is 41.5 Å². The zero-order valence-electron chi connectivity index (χ0n) is 9.61. The summed E-state index contributed by atoms with van der Waals surface area (Å²) in [7, 11) is 0. The molecule has 0 aliphatic carbocycles. The molecule has 0 heterocycles. The van der Waals surface area contributed by atoms with Crippen LogP contribution in [0.3, 0.4) is 0 Å². The fourth-order valence-electron chi connectivity index (χ4n) is 1.22. The van der Waals surface area contributed by atoms with E-state index < -0.39 is 5.97 Å². The fraction of sp³-hybridized carbons (Fsp3) is 0.231. The molecular formula is C13H14O3. The largest absolute Gasteiger partial charge is 0.427 e. The summed E-state index contributed by atoms with van der Waals surface area (Å²) in [6.45, 7) is 5.03. The van der Waals surface area contributed by atoms with E-state index in [9.17, 15) is 9.59 Å². The van der Waals surface area contributed by atoms with E-state index in [-0.39, 0.29) is 5.78 Å². The summed E-state index contributed by atoms with van der Waals surface area (Å²) in [6.07, 6.45) is 1.55. The quantitative estimate of drug-likeness (QED) is 0.339. The van der Waals surface area contributed by atoms with Crippen molar-refractivity contribution in [3.63, 3.8) is 0 Å². The van der Waals surface area contributed by atoms with Crippen LogP contribution in [0.1, 0.15) is 31.1 Å². The number of carbonyl (C=O) groups excluding carboxylic acids is 2. The maximum atomic E-state index is 11.7. The van der Waals surface area contributed by atoms with Crippen LogP contribution in [-0.4, -0.2) is 11.8 Å². The maximum Gasteiger partial charge on any atom is 0.308 e. The molecule has 1 rings (SSSR count). The monoisotopic (exact) mass is 218 g/mol. The van der Waals surface area contributed by atoms with Gasteiger partial charge in [0.05, 0.1) is 0 Å². The smallest absolute Gasteiger partial charge is 0.308 e. The number of benzene rings is 1. The zero-order chi connectivity index (χ0) is 12.1. The van der Waals surface area contributed by atoms with Crippen molar-refractivity contribution in [2.24, 2.45) is 0 Å². The van der Waals surface area contributed by atoms with Gasteiger partial charge in [-0.15, -0.1) is 0 Å². The van der Waals surface area contributed by atoms with Crippen molar-refractivity contribution in [1.29, 1.82) is 0 Å². The lowest BCUT2D eigenvalue weighted by Gasteiger charge is -2.02. The van der Waals surface area contributed by atoms with Gasteiger partial charge in [0.15, 0.2) is 5.78 Å². The van der Waals surface area contributed by atoms with Crippen LogP contribution < -0.4 is 4.74 Å². The Morgan fingerprint density at radius 1 is 1.19 bits per heavy atom. The van der Waals surface area contributed by atoms with Gasteiger partial charge in [0, 0.05) is 12.5 Å². The average molecular weight is 218 g/mol. The van der Waals surface area contributed by atoms with Gasteiger partial charge in [-0.25, -0.2) is 0 Å². The summed E-state index contributed by atoms with van der Waals surface area (Å²) in [6, 6.07) is 6.57. The fourth-order valence-corrected chi connectivity index (χ4v) is 1.22. The van der Waals surface area contributed by atoms with Gasteiger partial charge < -0.3 is 4.74 Å². The lowest BCUT2D eigenvalue weighted by atomic mass is 10.1. The van der Waals surface area contributed by atoms with E-state index in [4.69, 9.17) is 4.74 Å². The number of hydrogen-bond donors (Lipinski definition) is 0. The second kappa shape index (κ2) is 5.26. The van der Waals surface area contributed by atoms with Crippen LogP contribution in [0, 0.1) is 0 Å². The molecule has 0 aliphatic rings. The van der Waals surface area contributed by atoms with Gasteiger partial charge >= 0.3 is 5.97 Å². The van der Waals surface area contributed by atoms with Gasteiger partial charge in [-0.3, -0.25) is 9.59 Å². The molecule has 0 bridgehead atoms. The van der Waals surface area contributed by atoms with Crippen LogP contribution in [0.25, 0.3) is 0 Å². The minimum Gasteiger partial charge on any atom is -0.427 e. The second-order valence-corrected chi connectivity index (χ2v) is 3.71. The minimum atomic E-state index is -0.396. The predicted octanol–water partition coefficient (Wildman–Crippen LogP) is 2.76. The zero-order valence-corrected chi connectivity index (χ0v) is 9.61. The predicted molar refractivity (Wildman–Crippen MR) is 61.5 cm³/mol. The Kier molecular flexibility index (Phi) is 4.00. The van der Waals surface area contributed by atoms with E-state index in [1.165, 1.54) is 6.92 Å². The number of allylic oxidation sites excluding steroid dienone is 2. The highest BCUT2D eigenvalue weighted by Gasteiger charge is 2.05. The minimum absolute atomic E-state index is 0.0889. The highest BCUT2D eigenvalue weighted by Crippen LogP contribution is 2.14. The molecule has 0 fully saturated rings. The summed E-state index contributed by atoms with van der Waals surface area (Å²) in [5, 5.41) is 0. The Morgan fingerprint density at radius 2 is 1.88 bits per heavy atom. The van der Waals surface area contributed by atoms with Crippen molar-refractivity contribution in [2.75, 3.05) is 0 Å². The van der Waals surface area contributed by atoms with Crippen LogP contribution in [0.4, 0.5) is 0 Å². The molecule has 0 aromatic heterocycles. The lowest BCUT2D eigenvalue weighted by molar-refractivity contribution is -0.131. The molecule has 0 N–H and O–H groups in total. The van der Waals surface area contributed by atoms with Crippen molar-refractivity contribution >= 4 is 11.8 Å². The van der Waals surface area contributed by atoms with Gasteiger partial charge in [-0.05, 0) is 32.1 Å². The maximum absolute atomic E-state index is 11.7. The number of rotatable bonds is 3. The summed E-state index contributed by atoms with van der Waals surface area (Å²) < 4.78 is 4.90. The SMILES string of the molecule is CC(=O)Oc1cccc(C(=O)C=C(C)C)c1. The molecule has 3 heteroatoms. The molecule has 0 radical (unpaired) electrons. The van der Waals surface area contributed by atoms with Crippen LogP contribution in [0.5, 0.6) is 5.75 Å². The van der Waals surface area contributed by atoms with Crippen molar-refractivity contribution < 1.29 is 14.3 Å². The Labute approximate surface area is 94.7 Å². The van der Waals surface area contributed by atoms with Crippen LogP contribution in [0.15, 0.2) is 35.9 Å². The van der Waals surface area contributed by atoms with Gasteiger partial charge in [0.1, 0.15) is 5.75 Å². The van der Waals surface area contributed by atoms with Crippen LogP contribution in [0.2, 0.25) is 0 Å². The molecule has 1 aromatic rings. The summed E-state index contributed by atoms with van der Waals surface area (Å²) in [5.74, 6) is -0.0960. The Hall–Kier alpha value is -1.90. The number of carbonyl (C=O) groups is 2. The first-order chi connectivity index (χ1) is 7.49. The molecule has 0 aliphatic heterocycles. The summed E-state index contributed by atoms with van der Waals surface area (Å²) in [5.41, 5.74) is 1.45. The third kappa shape index (κ3) is 3.69. The third-order valence-corrected chi connectivity index (χ3v) is 1.80. The molecule has 0 spiro atoms. The normalized spacial score (nSPS) is 9.44. The first kappa shape index (κ1) is 12.2. The Morgan fingerprint density at radius 3 is 2.44 bits per heavy atom. The van der Waals surface area contributed by atoms with E-state index in [1.54, 1.807) is 30.3 Å². The molecule has 0 unspecified atom stereocenters. The van der Waals surface area contributed by atoms with Crippen molar-refractivity contribution in [1.82, 2.24) is 0 Å². The molecule has 84 valence electrons. The lowest BCUT2D eigenvalue weighted by Crippen LogP contribution is -2.02. The molecule has 1 aromatic carbocycles. The van der Waals surface area contributed by atoms with E-state index >= 15 is 0 Å². The van der Waals surface area contributed by atoms with Gasteiger partial charge in [-0.1, -0.05) is 17.7 Å². The molecule has 0 atom stereocenters. The molecule has 16 heavy (non-hydrogen) atoms. The first-order valence-corrected chi connectivity index (χ1v) is 4.97. The molecule has 0 saturated heterocycles. The number of esters is 1. The Balaban J connectivity index is 2.94. The van der Waals surface area contributed by atoms with Gasteiger partial charge in [0.25, 0.3) is 0 Å². The van der Waals surface area contributed by atoms with E-state index in [0.29, 0.717) is 11.3 Å². The number of ketones is 1. The van der Waals surface area contributed by atoms with E-state index in [1.807, 2.05) is 13.8 Å². The van der Waals surface area contributed by atoms with E-state index in [0.717, 1.165) is 5.57 Å². The third-order valence-electron chi connectivity index (χ3n) is 1.80.